The minimum Gasteiger partial charge on any atom is -0.478 e. The smallest absolute Gasteiger partial charge is 0.337 e. The van der Waals surface area contributed by atoms with E-state index in [-0.39, 0.29) is 26.5 Å². The highest BCUT2D eigenvalue weighted by Crippen LogP contribution is 2.29. The van der Waals surface area contributed by atoms with Gasteiger partial charge in [-0.05, 0) is 35.0 Å². The first-order valence-corrected chi connectivity index (χ1v) is 7.70. The third-order valence-corrected chi connectivity index (χ3v) is 4.78. The largest absolute Gasteiger partial charge is 0.478 e. The quantitative estimate of drug-likeness (QED) is 0.726. The van der Waals surface area contributed by atoms with Gasteiger partial charge in [0.15, 0.2) is 0 Å². The summed E-state index contributed by atoms with van der Waals surface area (Å²) < 4.78 is 26.1. The van der Waals surface area contributed by atoms with Gasteiger partial charge in [-0.15, -0.1) is 0 Å². The zero-order valence-corrected chi connectivity index (χ0v) is 12.9. The van der Waals surface area contributed by atoms with Crippen LogP contribution in [0.15, 0.2) is 21.5 Å². The van der Waals surface area contributed by atoms with Crippen molar-refractivity contribution in [3.8, 4) is 0 Å². The van der Waals surface area contributed by atoms with Crippen LogP contribution < -0.4 is 4.72 Å². The second kappa shape index (κ2) is 6.19. The summed E-state index contributed by atoms with van der Waals surface area (Å²) in [5.74, 6) is -1.33. The van der Waals surface area contributed by atoms with Crippen LogP contribution >= 0.6 is 27.5 Å². The van der Waals surface area contributed by atoms with Gasteiger partial charge in [0.1, 0.15) is 0 Å². The van der Waals surface area contributed by atoms with Crippen molar-refractivity contribution >= 4 is 43.5 Å². The Kier molecular flexibility index (Phi) is 5.34. The first-order chi connectivity index (χ1) is 8.65. The predicted octanol–water partition coefficient (Wildman–Crippen LogP) is 1.46. The highest BCUT2D eigenvalue weighted by atomic mass is 79.9. The van der Waals surface area contributed by atoms with E-state index in [4.69, 9.17) is 21.8 Å². The van der Waals surface area contributed by atoms with E-state index in [1.807, 2.05) is 0 Å². The lowest BCUT2D eigenvalue weighted by atomic mass is 10.2. The number of halogens is 2. The van der Waals surface area contributed by atoms with Gasteiger partial charge >= 0.3 is 5.97 Å². The van der Waals surface area contributed by atoms with Crippen LogP contribution in [0.5, 0.6) is 0 Å². The summed E-state index contributed by atoms with van der Waals surface area (Å²) in [5, 5.41) is 17.9. The van der Waals surface area contributed by atoms with Gasteiger partial charge in [-0.2, -0.15) is 0 Å². The van der Waals surface area contributed by atoms with Crippen LogP contribution in [-0.4, -0.2) is 37.2 Å². The van der Waals surface area contributed by atoms with Crippen LogP contribution in [0.1, 0.15) is 17.3 Å². The molecule has 0 saturated heterocycles. The first kappa shape index (κ1) is 16.4. The molecule has 0 saturated carbocycles. The van der Waals surface area contributed by atoms with E-state index in [0.717, 1.165) is 6.07 Å². The van der Waals surface area contributed by atoms with Gasteiger partial charge in [0.2, 0.25) is 10.0 Å². The van der Waals surface area contributed by atoms with Gasteiger partial charge < -0.3 is 10.2 Å². The van der Waals surface area contributed by atoms with Gasteiger partial charge in [-0.1, -0.05) is 11.6 Å². The SMILES string of the molecule is CC(O)CNS(=O)(=O)c1cc(Br)c(Cl)c(C(=O)O)c1. The fourth-order valence-corrected chi connectivity index (χ4v) is 3.16. The molecule has 0 aliphatic carbocycles. The molecule has 0 aliphatic rings. The Bertz CT molecular complexity index is 602. The number of hydrogen-bond acceptors (Lipinski definition) is 4. The molecule has 1 atom stereocenters. The van der Waals surface area contributed by atoms with E-state index in [1.54, 1.807) is 0 Å². The molecule has 1 aromatic rings. The van der Waals surface area contributed by atoms with Gasteiger partial charge in [-0.3, -0.25) is 0 Å². The van der Waals surface area contributed by atoms with Crippen molar-refractivity contribution in [1.29, 1.82) is 0 Å². The maximum absolute atomic E-state index is 11.9. The number of rotatable bonds is 5. The van der Waals surface area contributed by atoms with Crippen molar-refractivity contribution < 1.29 is 23.4 Å². The molecule has 1 aromatic carbocycles. The molecular formula is C10H11BrClNO5S. The van der Waals surface area contributed by atoms with Gasteiger partial charge in [0.25, 0.3) is 0 Å². The fraction of sp³-hybridized carbons (Fsp3) is 0.300. The van der Waals surface area contributed by atoms with Crippen molar-refractivity contribution in [2.24, 2.45) is 0 Å². The average molecular weight is 373 g/mol. The van der Waals surface area contributed by atoms with Gasteiger partial charge in [0, 0.05) is 11.0 Å². The molecule has 3 N–H and O–H groups in total. The van der Waals surface area contributed by atoms with Crippen LogP contribution in [-0.2, 0) is 10.0 Å². The summed E-state index contributed by atoms with van der Waals surface area (Å²) in [5.41, 5.74) is -0.325. The summed E-state index contributed by atoms with van der Waals surface area (Å²) in [4.78, 5) is 10.7. The first-order valence-electron chi connectivity index (χ1n) is 5.05. The summed E-state index contributed by atoms with van der Waals surface area (Å²) in [6.07, 6.45) is -0.857. The molecule has 19 heavy (non-hydrogen) atoms. The molecule has 1 rings (SSSR count). The second-order valence-corrected chi connectivity index (χ2v) is 6.77. The summed E-state index contributed by atoms with van der Waals surface area (Å²) in [7, 11) is -3.91. The number of sulfonamides is 1. The van der Waals surface area contributed by atoms with E-state index < -0.39 is 22.1 Å². The molecule has 1 unspecified atom stereocenters. The van der Waals surface area contributed by atoms with E-state index >= 15 is 0 Å². The zero-order valence-electron chi connectivity index (χ0n) is 9.72. The Morgan fingerprint density at radius 2 is 2.11 bits per heavy atom. The number of aromatic carboxylic acids is 1. The molecule has 0 aromatic heterocycles. The summed E-state index contributed by atoms with van der Waals surface area (Å²) in [6, 6.07) is 2.15. The predicted molar refractivity (Wildman–Crippen MR) is 73.0 cm³/mol. The lowest BCUT2D eigenvalue weighted by Crippen LogP contribution is -2.30. The monoisotopic (exact) mass is 371 g/mol. The Hall–Kier alpha value is -0.670. The molecule has 0 spiro atoms. The number of hydrogen-bond donors (Lipinski definition) is 3. The maximum atomic E-state index is 11.9. The molecule has 0 fully saturated rings. The highest BCUT2D eigenvalue weighted by Gasteiger charge is 2.21. The van der Waals surface area contributed by atoms with Crippen molar-refractivity contribution in [3.63, 3.8) is 0 Å². The minimum absolute atomic E-state index is 0.0815. The molecule has 9 heteroatoms. The van der Waals surface area contributed by atoms with Gasteiger partial charge in [0.05, 0.1) is 21.6 Å². The number of nitrogens with one attached hydrogen (secondary N) is 1. The molecule has 0 amide bonds. The Balaban J connectivity index is 3.25. The number of carbonyl (C=O) groups is 1. The molecule has 6 nitrogen and oxygen atoms in total. The third kappa shape index (κ3) is 4.15. The van der Waals surface area contributed by atoms with Crippen molar-refractivity contribution in [3.05, 3.63) is 27.2 Å². The Labute approximate surface area is 123 Å². The van der Waals surface area contributed by atoms with Crippen LogP contribution in [0, 0.1) is 0 Å². The number of aliphatic hydroxyl groups is 1. The van der Waals surface area contributed by atoms with E-state index in [0.29, 0.717) is 0 Å². The number of carboxylic acid groups (broad SMARTS) is 1. The number of benzene rings is 1. The number of carboxylic acids is 1. The number of aliphatic hydroxyl groups excluding tert-OH is 1. The molecule has 0 aliphatic heterocycles. The zero-order chi connectivity index (χ0) is 14.8. The van der Waals surface area contributed by atoms with E-state index in [2.05, 4.69) is 20.7 Å². The van der Waals surface area contributed by atoms with E-state index in [9.17, 15) is 13.2 Å². The standard InChI is InChI=1S/C10H11BrClNO5S/c1-5(14)4-13-19(17,18)6-2-7(10(15)16)9(12)8(11)3-6/h2-3,5,13-14H,4H2,1H3,(H,15,16). The Morgan fingerprint density at radius 3 is 2.58 bits per heavy atom. The molecular weight excluding hydrogens is 362 g/mol. The summed E-state index contributed by atoms with van der Waals surface area (Å²) >= 11 is 8.76. The third-order valence-electron chi connectivity index (χ3n) is 2.11. The topological polar surface area (TPSA) is 104 Å². The highest BCUT2D eigenvalue weighted by molar-refractivity contribution is 9.10. The maximum Gasteiger partial charge on any atom is 0.337 e. The molecule has 0 radical (unpaired) electrons. The molecule has 0 bridgehead atoms. The molecule has 0 heterocycles. The lowest BCUT2D eigenvalue weighted by molar-refractivity contribution is 0.0696. The Morgan fingerprint density at radius 1 is 1.53 bits per heavy atom. The minimum atomic E-state index is -3.91. The van der Waals surface area contributed by atoms with Crippen molar-refractivity contribution in [2.75, 3.05) is 6.54 Å². The fourth-order valence-electron chi connectivity index (χ4n) is 1.19. The summed E-state index contributed by atoms with van der Waals surface area (Å²) in [6.45, 7) is 1.24. The van der Waals surface area contributed by atoms with Gasteiger partial charge in [-0.25, -0.2) is 17.9 Å². The lowest BCUT2D eigenvalue weighted by Gasteiger charge is -2.10. The second-order valence-electron chi connectivity index (χ2n) is 3.77. The van der Waals surface area contributed by atoms with Crippen LogP contribution in [0.2, 0.25) is 5.02 Å². The van der Waals surface area contributed by atoms with Crippen molar-refractivity contribution in [1.82, 2.24) is 4.72 Å². The van der Waals surface area contributed by atoms with E-state index in [1.165, 1.54) is 13.0 Å². The van der Waals surface area contributed by atoms with Crippen LogP contribution in [0.4, 0.5) is 0 Å². The van der Waals surface area contributed by atoms with Crippen molar-refractivity contribution in [2.45, 2.75) is 17.9 Å². The molecule has 106 valence electrons. The van der Waals surface area contributed by atoms with Crippen LogP contribution in [0.3, 0.4) is 0 Å². The average Bonchev–Trinajstić information content (AvgIpc) is 2.29. The normalized spacial score (nSPS) is 13.3. The van der Waals surface area contributed by atoms with Crippen LogP contribution in [0.25, 0.3) is 0 Å².